The van der Waals surface area contributed by atoms with Crippen LogP contribution >= 0.6 is 7.92 Å². The number of imidazole rings is 1. The second-order valence-electron chi connectivity index (χ2n) is 2.91. The fraction of sp³-hybridized carbons (Fsp3) is 0.250. The van der Waals surface area contributed by atoms with E-state index in [4.69, 9.17) is 10.5 Å². The number of nitrogens with zero attached hydrogens (tertiary/aromatic N) is 3. The number of nitrogens with one attached hydrogen (secondary N) is 1. The molecule has 2 rings (SSSR count). The van der Waals surface area contributed by atoms with Gasteiger partial charge in [0.2, 0.25) is 0 Å². The molecule has 0 aliphatic rings. The van der Waals surface area contributed by atoms with Crippen molar-refractivity contribution >= 4 is 24.9 Å². The summed E-state index contributed by atoms with van der Waals surface area (Å²) < 4.78 is 14.8. The van der Waals surface area contributed by atoms with Gasteiger partial charge in [-0.15, -0.1) is 0 Å². The zero-order valence-corrected chi connectivity index (χ0v) is 9.07. The van der Waals surface area contributed by atoms with E-state index in [1.54, 1.807) is 0 Å². The molecule has 8 heteroatoms. The van der Waals surface area contributed by atoms with Crippen LogP contribution in [-0.2, 0) is 15.7 Å². The Balaban J connectivity index is 2.17. The van der Waals surface area contributed by atoms with E-state index in [0.29, 0.717) is 35.8 Å². The number of H-pyrrole nitrogens is 1. The van der Waals surface area contributed by atoms with Gasteiger partial charge in [-0.2, -0.15) is 0 Å². The molecular weight excluding hydrogens is 229 g/mol. The van der Waals surface area contributed by atoms with Crippen LogP contribution in [0.15, 0.2) is 6.33 Å². The van der Waals surface area contributed by atoms with Crippen molar-refractivity contribution in [1.82, 2.24) is 19.9 Å². The van der Waals surface area contributed by atoms with Gasteiger partial charge >= 0.3 is 90.9 Å². The SMILES string of the molecule is Nc1nc(CCOC#P=O)nc2nc[nH]c12. The molecule has 16 heavy (non-hydrogen) atoms. The second kappa shape index (κ2) is 4.90. The third-order valence-corrected chi connectivity index (χ3v) is 2.09. The molecule has 0 aliphatic carbocycles. The first-order chi connectivity index (χ1) is 7.81. The number of anilines is 1. The Hall–Kier alpha value is -1.68. The number of aromatic amines is 1. The Morgan fingerprint density at radius 2 is 2.44 bits per heavy atom. The first-order valence-electron chi connectivity index (χ1n) is 4.46. The molecule has 0 fully saturated rings. The Morgan fingerprint density at radius 1 is 1.56 bits per heavy atom. The van der Waals surface area contributed by atoms with E-state index in [-0.39, 0.29) is 7.92 Å². The quantitative estimate of drug-likeness (QED) is 0.601. The summed E-state index contributed by atoms with van der Waals surface area (Å²) >= 11 is 0. The summed E-state index contributed by atoms with van der Waals surface area (Å²) in [7, 11) is -0.277. The van der Waals surface area contributed by atoms with E-state index in [1.807, 2.05) is 0 Å². The zero-order valence-electron chi connectivity index (χ0n) is 8.17. The van der Waals surface area contributed by atoms with Crippen LogP contribution < -0.4 is 5.73 Å². The molecule has 2 aromatic heterocycles. The number of ether oxygens (including phenoxy) is 1. The number of hydrogen-bond acceptors (Lipinski definition) is 6. The van der Waals surface area contributed by atoms with Crippen LogP contribution in [0.3, 0.4) is 0 Å². The van der Waals surface area contributed by atoms with Gasteiger partial charge in [0.15, 0.2) is 0 Å². The maximum absolute atomic E-state index is 10.0. The van der Waals surface area contributed by atoms with Crippen molar-refractivity contribution in [1.29, 1.82) is 0 Å². The summed E-state index contributed by atoms with van der Waals surface area (Å²) in [6.07, 6.45) is 1.96. The number of fused-ring (bicyclic) bond motifs is 1. The maximum atomic E-state index is 10.0. The van der Waals surface area contributed by atoms with Crippen LogP contribution in [0.25, 0.3) is 11.2 Å². The van der Waals surface area contributed by atoms with Gasteiger partial charge in [-0.1, -0.05) is 0 Å². The van der Waals surface area contributed by atoms with Gasteiger partial charge in [0, 0.05) is 0 Å². The molecule has 7 nitrogen and oxygen atoms in total. The fourth-order valence-electron chi connectivity index (χ4n) is 1.23. The van der Waals surface area contributed by atoms with Crippen LogP contribution in [0.4, 0.5) is 5.82 Å². The summed E-state index contributed by atoms with van der Waals surface area (Å²) in [4.78, 5) is 15.1. The standard InChI is InChI=1S/C8H8N5O2P/c9-7-6-8(11-3-10-6)13-5(12-7)1-2-15-4-16-14/h3H,1-2H2,(H3,9,10,11,12,13). The minimum absolute atomic E-state index is 0.277. The third kappa shape index (κ3) is 2.28. The van der Waals surface area contributed by atoms with Gasteiger partial charge < -0.3 is 0 Å². The monoisotopic (exact) mass is 237 g/mol. The van der Waals surface area contributed by atoms with Crippen molar-refractivity contribution in [2.45, 2.75) is 6.42 Å². The predicted molar refractivity (Wildman–Crippen MR) is 57.2 cm³/mol. The number of nitrogens with two attached hydrogens (primary N) is 1. The molecule has 0 bridgehead atoms. The number of rotatable bonds is 3. The molecule has 3 N–H and O–H groups in total. The van der Waals surface area contributed by atoms with Gasteiger partial charge in [0.05, 0.1) is 0 Å². The molecule has 0 unspecified atom stereocenters. The van der Waals surface area contributed by atoms with E-state index in [0.717, 1.165) is 0 Å². The molecule has 2 heterocycles. The molecule has 0 aromatic carbocycles. The van der Waals surface area contributed by atoms with Crippen molar-refractivity contribution in [2.24, 2.45) is 0 Å². The summed E-state index contributed by atoms with van der Waals surface area (Å²) in [6.45, 7) is 0.296. The first kappa shape index (κ1) is 10.8. The Labute approximate surface area is 91.6 Å². The van der Waals surface area contributed by atoms with Gasteiger partial charge in [0.25, 0.3) is 0 Å². The predicted octanol–water partition coefficient (Wildman–Crippen LogP) is 0.703. The number of aromatic nitrogens is 4. The van der Waals surface area contributed by atoms with Crippen molar-refractivity contribution in [3.05, 3.63) is 12.2 Å². The van der Waals surface area contributed by atoms with Crippen LogP contribution in [0.2, 0.25) is 0 Å². The minimum atomic E-state index is -0.277. The molecular formula is C8H8N5O2P. The first-order valence-corrected chi connectivity index (χ1v) is 5.27. The summed E-state index contributed by atoms with van der Waals surface area (Å²) in [5.74, 6) is 3.06. The van der Waals surface area contributed by atoms with Crippen LogP contribution in [0, 0.1) is 5.81 Å². The van der Waals surface area contributed by atoms with Crippen molar-refractivity contribution in [3.8, 4) is 5.81 Å². The Bertz CT molecular complexity index is 605. The topological polar surface area (TPSA) is 107 Å². The molecule has 0 radical (unpaired) electrons. The summed E-state index contributed by atoms with van der Waals surface area (Å²) in [5.41, 5.74) is 6.85. The molecule has 82 valence electrons. The molecule has 0 amide bonds. The van der Waals surface area contributed by atoms with E-state index in [1.165, 1.54) is 6.33 Å². The average molecular weight is 237 g/mol. The zero-order chi connectivity index (χ0) is 11.4. The van der Waals surface area contributed by atoms with E-state index in [9.17, 15) is 4.57 Å². The molecule has 0 saturated carbocycles. The van der Waals surface area contributed by atoms with Crippen LogP contribution in [0.1, 0.15) is 5.82 Å². The van der Waals surface area contributed by atoms with Gasteiger partial charge in [-0.3, -0.25) is 0 Å². The molecule has 0 aliphatic heterocycles. The van der Waals surface area contributed by atoms with E-state index < -0.39 is 0 Å². The second-order valence-corrected chi connectivity index (χ2v) is 3.27. The molecule has 0 atom stereocenters. The third-order valence-electron chi connectivity index (χ3n) is 1.89. The molecule has 0 spiro atoms. The van der Waals surface area contributed by atoms with Gasteiger partial charge in [-0.25, -0.2) is 0 Å². The Morgan fingerprint density at radius 3 is 3.25 bits per heavy atom. The van der Waals surface area contributed by atoms with Crippen molar-refractivity contribution in [2.75, 3.05) is 12.3 Å². The average Bonchev–Trinajstić information content (AvgIpc) is 2.73. The summed E-state index contributed by atoms with van der Waals surface area (Å²) in [6, 6.07) is 0. The van der Waals surface area contributed by atoms with Gasteiger partial charge in [0.1, 0.15) is 0 Å². The number of nitrogen functional groups attached to an aromatic ring is 1. The van der Waals surface area contributed by atoms with Crippen molar-refractivity contribution in [3.63, 3.8) is 0 Å². The van der Waals surface area contributed by atoms with Crippen LogP contribution in [-0.4, -0.2) is 26.5 Å². The normalized spacial score (nSPS) is 10.2. The molecule has 2 aromatic rings. The van der Waals surface area contributed by atoms with E-state index in [2.05, 4.69) is 25.7 Å². The fourth-order valence-corrected chi connectivity index (χ4v) is 1.37. The van der Waals surface area contributed by atoms with E-state index >= 15 is 0 Å². The summed E-state index contributed by atoms with van der Waals surface area (Å²) in [5, 5.41) is 0. The Kier molecular flexibility index (Phi) is 3.31. The molecule has 0 saturated heterocycles. The van der Waals surface area contributed by atoms with Crippen molar-refractivity contribution < 1.29 is 9.30 Å². The number of hydrogen-bond donors (Lipinski definition) is 2. The van der Waals surface area contributed by atoms with Crippen LogP contribution in [0.5, 0.6) is 0 Å². The van der Waals surface area contributed by atoms with Gasteiger partial charge in [-0.05, 0) is 0 Å².